The molecule has 0 radical (unpaired) electrons. The van der Waals surface area contributed by atoms with Crippen LogP contribution in [0.4, 0.5) is 18.9 Å². The molecule has 122 valence electrons. The number of nitrogens with one attached hydrogen (secondary N) is 1. The smallest absolute Gasteiger partial charge is 0.411 e. The summed E-state index contributed by atoms with van der Waals surface area (Å²) in [4.78, 5) is 23.1. The fourth-order valence-corrected chi connectivity index (χ4v) is 1.58. The Kier molecular flexibility index (Phi) is 5.92. The molecular formula is C14H16F3NO4. The van der Waals surface area contributed by atoms with Crippen molar-refractivity contribution in [3.63, 3.8) is 0 Å². The Balaban J connectivity index is 2.70. The zero-order valence-electron chi connectivity index (χ0n) is 12.3. The van der Waals surface area contributed by atoms with Crippen LogP contribution in [0.5, 0.6) is 0 Å². The van der Waals surface area contributed by atoms with Crippen molar-refractivity contribution in [1.29, 1.82) is 0 Å². The Morgan fingerprint density at radius 3 is 2.45 bits per heavy atom. The van der Waals surface area contributed by atoms with E-state index in [0.717, 1.165) is 0 Å². The van der Waals surface area contributed by atoms with Gasteiger partial charge in [-0.05, 0) is 37.6 Å². The van der Waals surface area contributed by atoms with Crippen molar-refractivity contribution >= 4 is 17.6 Å². The quantitative estimate of drug-likeness (QED) is 0.848. The first-order valence-electron chi connectivity index (χ1n) is 6.32. The Morgan fingerprint density at radius 1 is 1.32 bits per heavy atom. The first-order valence-corrected chi connectivity index (χ1v) is 6.32. The average molecular weight is 319 g/mol. The van der Waals surface area contributed by atoms with Crippen LogP contribution in [0.25, 0.3) is 0 Å². The van der Waals surface area contributed by atoms with Crippen molar-refractivity contribution in [2.45, 2.75) is 26.1 Å². The molecule has 0 heterocycles. The summed E-state index contributed by atoms with van der Waals surface area (Å²) in [5.41, 5.74) is 1.25. The van der Waals surface area contributed by atoms with Crippen LogP contribution < -0.4 is 5.32 Å². The maximum Gasteiger partial charge on any atom is 0.411 e. The normalized spacial score (nSPS) is 12.6. The van der Waals surface area contributed by atoms with E-state index >= 15 is 0 Å². The monoisotopic (exact) mass is 319 g/mol. The molecule has 1 atom stereocenters. The molecular weight excluding hydrogens is 303 g/mol. The number of carbonyl (C=O) groups is 2. The number of alkyl halides is 3. The topological polar surface area (TPSA) is 64.6 Å². The molecule has 0 bridgehead atoms. The molecule has 0 aromatic heterocycles. The Labute approximate surface area is 125 Å². The molecule has 1 N–H and O–H groups in total. The lowest BCUT2D eigenvalue weighted by Gasteiger charge is -2.16. The minimum atomic E-state index is -4.49. The van der Waals surface area contributed by atoms with E-state index in [1.165, 1.54) is 32.2 Å². The number of aryl methyl sites for hydroxylation is 1. The fraction of sp³-hybridized carbons (Fsp3) is 0.429. The molecule has 8 heteroatoms. The summed E-state index contributed by atoms with van der Waals surface area (Å²) in [7, 11) is 1.24. The molecule has 0 unspecified atom stereocenters. The number of carbonyl (C=O) groups excluding carboxylic acids is 2. The number of benzene rings is 1. The number of methoxy groups -OCH3 is 1. The third-order valence-electron chi connectivity index (χ3n) is 2.77. The minimum absolute atomic E-state index is 0.305. The number of hydrogen-bond donors (Lipinski definition) is 1. The van der Waals surface area contributed by atoms with Gasteiger partial charge < -0.3 is 14.8 Å². The maximum atomic E-state index is 12.0. The Bertz CT molecular complexity index is 558. The lowest BCUT2D eigenvalue weighted by molar-refractivity contribution is -0.184. The molecule has 1 aromatic carbocycles. The second-order valence-electron chi connectivity index (χ2n) is 4.58. The number of anilines is 1. The van der Waals surface area contributed by atoms with E-state index in [1.807, 2.05) is 0 Å². The molecule has 0 spiro atoms. The molecule has 0 saturated carbocycles. The first kappa shape index (κ1) is 18.0. The molecule has 0 saturated heterocycles. The second kappa shape index (κ2) is 7.26. The Hall–Kier alpha value is -2.09. The van der Waals surface area contributed by atoms with E-state index in [-0.39, 0.29) is 0 Å². The van der Waals surface area contributed by atoms with Crippen LogP contribution in [0.15, 0.2) is 18.2 Å². The summed E-state index contributed by atoms with van der Waals surface area (Å²) >= 11 is 0. The number of hydrogen-bond acceptors (Lipinski definition) is 4. The Morgan fingerprint density at radius 2 is 1.95 bits per heavy atom. The zero-order chi connectivity index (χ0) is 16.9. The third kappa shape index (κ3) is 5.36. The van der Waals surface area contributed by atoms with Gasteiger partial charge in [-0.15, -0.1) is 0 Å². The standard InChI is InChI=1S/C14H16F3NO4/c1-8-6-10(13(20)21-3)4-5-11(8)18-12(19)9(2)22-7-14(15,16)17/h4-6,9H,7H2,1-3H3,(H,18,19)/t9-/m0/s1. The molecule has 0 aliphatic carbocycles. The lowest BCUT2D eigenvalue weighted by Crippen LogP contribution is -2.31. The first-order chi connectivity index (χ1) is 10.1. The van der Waals surface area contributed by atoms with Gasteiger partial charge in [0.1, 0.15) is 12.7 Å². The van der Waals surface area contributed by atoms with Crippen molar-refractivity contribution in [2.75, 3.05) is 19.0 Å². The van der Waals surface area contributed by atoms with E-state index in [1.54, 1.807) is 6.92 Å². The van der Waals surface area contributed by atoms with Gasteiger partial charge in [0, 0.05) is 5.69 Å². The van der Waals surface area contributed by atoms with Crippen molar-refractivity contribution in [3.05, 3.63) is 29.3 Å². The summed E-state index contributed by atoms with van der Waals surface area (Å²) < 4.78 is 45.1. The second-order valence-corrected chi connectivity index (χ2v) is 4.58. The predicted molar refractivity (Wildman–Crippen MR) is 72.6 cm³/mol. The van der Waals surface area contributed by atoms with Gasteiger partial charge in [0.15, 0.2) is 0 Å². The fourth-order valence-electron chi connectivity index (χ4n) is 1.58. The third-order valence-corrected chi connectivity index (χ3v) is 2.77. The highest BCUT2D eigenvalue weighted by molar-refractivity contribution is 5.96. The van der Waals surface area contributed by atoms with Crippen LogP contribution in [-0.2, 0) is 14.3 Å². The number of ether oxygens (including phenoxy) is 2. The molecule has 0 aliphatic rings. The largest absolute Gasteiger partial charge is 0.465 e. The van der Waals surface area contributed by atoms with Crippen LogP contribution in [0.1, 0.15) is 22.8 Å². The molecule has 1 aromatic rings. The van der Waals surface area contributed by atoms with Crippen LogP contribution in [0.3, 0.4) is 0 Å². The van der Waals surface area contributed by atoms with E-state index in [4.69, 9.17) is 0 Å². The van der Waals surface area contributed by atoms with Crippen LogP contribution in [0.2, 0.25) is 0 Å². The van der Waals surface area contributed by atoms with E-state index < -0.39 is 30.8 Å². The molecule has 22 heavy (non-hydrogen) atoms. The van der Waals surface area contributed by atoms with Gasteiger partial charge in [0.2, 0.25) is 0 Å². The highest BCUT2D eigenvalue weighted by Crippen LogP contribution is 2.19. The summed E-state index contributed by atoms with van der Waals surface area (Å²) in [6.45, 7) is 1.37. The predicted octanol–water partition coefficient (Wildman–Crippen LogP) is 2.69. The average Bonchev–Trinajstić information content (AvgIpc) is 2.45. The van der Waals surface area contributed by atoms with Crippen LogP contribution >= 0.6 is 0 Å². The number of esters is 1. The SMILES string of the molecule is COC(=O)c1ccc(NC(=O)[C@H](C)OCC(F)(F)F)c(C)c1. The van der Waals surface area contributed by atoms with E-state index in [0.29, 0.717) is 16.8 Å². The molecule has 5 nitrogen and oxygen atoms in total. The lowest BCUT2D eigenvalue weighted by atomic mass is 10.1. The van der Waals surface area contributed by atoms with Gasteiger partial charge >= 0.3 is 12.1 Å². The van der Waals surface area contributed by atoms with E-state index in [9.17, 15) is 22.8 Å². The van der Waals surface area contributed by atoms with Gasteiger partial charge in [-0.3, -0.25) is 4.79 Å². The van der Waals surface area contributed by atoms with Crippen molar-refractivity contribution in [3.8, 4) is 0 Å². The number of rotatable bonds is 5. The maximum absolute atomic E-state index is 12.0. The van der Waals surface area contributed by atoms with Crippen molar-refractivity contribution < 1.29 is 32.2 Å². The van der Waals surface area contributed by atoms with E-state index in [2.05, 4.69) is 14.8 Å². The summed E-state index contributed by atoms with van der Waals surface area (Å²) in [5.74, 6) is -1.24. The molecule has 0 fully saturated rings. The molecule has 0 aliphatic heterocycles. The van der Waals surface area contributed by atoms with Gasteiger partial charge in [-0.25, -0.2) is 4.79 Å². The van der Waals surface area contributed by atoms with Gasteiger partial charge in [-0.1, -0.05) is 0 Å². The highest BCUT2D eigenvalue weighted by Gasteiger charge is 2.30. The van der Waals surface area contributed by atoms with Crippen LogP contribution in [-0.4, -0.2) is 37.9 Å². The highest BCUT2D eigenvalue weighted by atomic mass is 19.4. The van der Waals surface area contributed by atoms with Gasteiger partial charge in [0.25, 0.3) is 5.91 Å². The minimum Gasteiger partial charge on any atom is -0.465 e. The summed E-state index contributed by atoms with van der Waals surface area (Å²) in [6.07, 6.45) is -5.76. The zero-order valence-corrected chi connectivity index (χ0v) is 12.3. The number of halogens is 3. The van der Waals surface area contributed by atoms with Crippen molar-refractivity contribution in [1.82, 2.24) is 0 Å². The summed E-state index contributed by atoms with van der Waals surface area (Å²) in [5, 5.41) is 2.45. The van der Waals surface area contributed by atoms with Crippen molar-refractivity contribution in [2.24, 2.45) is 0 Å². The number of amides is 1. The summed E-state index contributed by atoms with van der Waals surface area (Å²) in [6, 6.07) is 4.41. The molecule has 1 amide bonds. The van der Waals surface area contributed by atoms with Crippen LogP contribution in [0, 0.1) is 6.92 Å². The van der Waals surface area contributed by atoms with Gasteiger partial charge in [-0.2, -0.15) is 13.2 Å². The van der Waals surface area contributed by atoms with Gasteiger partial charge in [0.05, 0.1) is 12.7 Å². The molecule has 1 rings (SSSR count).